The maximum atomic E-state index is 6.68. The van der Waals surface area contributed by atoms with Gasteiger partial charge in [-0.05, 0) is 65.6 Å². The molecule has 54 heavy (non-hydrogen) atoms. The summed E-state index contributed by atoms with van der Waals surface area (Å²) in [4.78, 5) is 9.62. The number of rotatable bonds is 4. The van der Waals surface area contributed by atoms with E-state index < -0.39 is 0 Å². The summed E-state index contributed by atoms with van der Waals surface area (Å²) in [6.45, 7) is 7.47. The van der Waals surface area contributed by atoms with Gasteiger partial charge in [-0.15, -0.1) is 0 Å². The highest BCUT2D eigenvalue weighted by atomic mass is 16.5. The van der Waals surface area contributed by atoms with Crippen LogP contribution in [0.3, 0.4) is 0 Å². The summed E-state index contributed by atoms with van der Waals surface area (Å²) < 4.78 is 11.4. The van der Waals surface area contributed by atoms with Crippen LogP contribution in [0.2, 0.25) is 0 Å². The largest absolute Gasteiger partial charge is 0.457 e. The molecule has 10 aromatic rings. The molecule has 0 spiro atoms. The molecule has 1 aliphatic heterocycles. The van der Waals surface area contributed by atoms with E-state index in [2.05, 4.69) is 179 Å². The predicted molar refractivity (Wildman–Crippen MR) is 224 cm³/mol. The molecule has 0 N–H and O–H groups in total. The predicted octanol–water partition coefficient (Wildman–Crippen LogP) is 12.2. The standard InChI is InChI=1S/C48H37N5O/c1-48(2,3)31-19-21-32(22-20-31)50-26-27-51(30-50)33-10-6-11-34(28-33)54-35-23-24-37-39-14-8-16-41-40-15-7-13-38-36-12-4-5-17-42(36)52(45(38)40)43-18-9-25-49-47(43)53(46(39)41)44(37)29-35/h4-29H,30H2,1-3H3. The Bertz CT molecular complexity index is 3160. The van der Waals surface area contributed by atoms with E-state index in [0.717, 1.165) is 51.4 Å². The van der Waals surface area contributed by atoms with Gasteiger partial charge in [0, 0.05) is 74.4 Å². The minimum atomic E-state index is 0.128. The molecule has 11 rings (SSSR count). The highest BCUT2D eigenvalue weighted by Gasteiger charge is 2.21. The highest BCUT2D eigenvalue weighted by molar-refractivity contribution is 6.25. The van der Waals surface area contributed by atoms with Crippen LogP contribution >= 0.6 is 0 Å². The van der Waals surface area contributed by atoms with E-state index in [4.69, 9.17) is 9.72 Å². The molecule has 4 aromatic heterocycles. The van der Waals surface area contributed by atoms with E-state index >= 15 is 0 Å². The molecule has 6 nitrogen and oxygen atoms in total. The molecule has 0 atom stereocenters. The Balaban J connectivity index is 1.03. The van der Waals surface area contributed by atoms with Crippen LogP contribution in [-0.2, 0) is 5.41 Å². The number of pyridine rings is 1. The topological polar surface area (TPSA) is 37.4 Å². The Morgan fingerprint density at radius 2 is 1.11 bits per heavy atom. The average Bonchev–Trinajstić information content (AvgIpc) is 3.90. The van der Waals surface area contributed by atoms with Crippen LogP contribution in [0, 0.1) is 0 Å². The van der Waals surface area contributed by atoms with Gasteiger partial charge in [0.1, 0.15) is 11.5 Å². The van der Waals surface area contributed by atoms with Gasteiger partial charge in [-0.1, -0.05) is 93.6 Å². The van der Waals surface area contributed by atoms with Crippen molar-refractivity contribution in [3.63, 3.8) is 0 Å². The van der Waals surface area contributed by atoms with Crippen LogP contribution in [-0.4, -0.2) is 20.5 Å². The third kappa shape index (κ3) is 4.56. The van der Waals surface area contributed by atoms with E-state index in [1.54, 1.807) is 0 Å². The summed E-state index contributed by atoms with van der Waals surface area (Å²) in [7, 11) is 0. The van der Waals surface area contributed by atoms with Gasteiger partial charge >= 0.3 is 0 Å². The lowest BCUT2D eigenvalue weighted by Crippen LogP contribution is -2.24. The molecule has 6 heteroatoms. The SMILES string of the molecule is CC(C)(C)c1ccc(N2C=CN(c3cccc(Oc4ccc5c6cccc7c8cccc9c%10ccccc%10n(c%10cccnc%10n(c5c4)c67)c98)c3)C2)cc1. The minimum absolute atomic E-state index is 0.128. The van der Waals surface area contributed by atoms with Crippen LogP contribution in [0.5, 0.6) is 11.5 Å². The molecule has 0 unspecified atom stereocenters. The molecular weight excluding hydrogens is 663 g/mol. The summed E-state index contributed by atoms with van der Waals surface area (Å²) in [6, 6.07) is 49.9. The van der Waals surface area contributed by atoms with E-state index in [9.17, 15) is 0 Å². The molecule has 260 valence electrons. The van der Waals surface area contributed by atoms with Gasteiger partial charge in [-0.2, -0.15) is 0 Å². The Morgan fingerprint density at radius 1 is 0.500 bits per heavy atom. The average molecular weight is 700 g/mol. The lowest BCUT2D eigenvalue weighted by Gasteiger charge is -2.23. The molecule has 5 heterocycles. The highest BCUT2D eigenvalue weighted by Crippen LogP contribution is 2.41. The van der Waals surface area contributed by atoms with E-state index in [1.807, 2.05) is 18.3 Å². The fourth-order valence-electron chi connectivity index (χ4n) is 8.54. The van der Waals surface area contributed by atoms with Crippen molar-refractivity contribution >= 4 is 76.9 Å². The van der Waals surface area contributed by atoms with Gasteiger partial charge in [-0.3, -0.25) is 4.40 Å². The van der Waals surface area contributed by atoms with Gasteiger partial charge < -0.3 is 18.9 Å². The van der Waals surface area contributed by atoms with Gasteiger partial charge in [0.05, 0.1) is 34.3 Å². The van der Waals surface area contributed by atoms with Crippen LogP contribution in [0.4, 0.5) is 11.4 Å². The number of ether oxygens (including phenoxy) is 1. The zero-order valence-electron chi connectivity index (χ0n) is 30.4. The molecule has 0 fully saturated rings. The molecule has 0 bridgehead atoms. The molecule has 0 amide bonds. The molecule has 0 radical (unpaired) electrons. The number of para-hydroxylation sites is 3. The maximum Gasteiger partial charge on any atom is 0.162 e. The monoisotopic (exact) mass is 699 g/mol. The fraction of sp³-hybridized carbons (Fsp3) is 0.104. The smallest absolute Gasteiger partial charge is 0.162 e. The Hall–Kier alpha value is -6.79. The van der Waals surface area contributed by atoms with Crippen molar-refractivity contribution < 1.29 is 4.74 Å². The van der Waals surface area contributed by atoms with Crippen LogP contribution in [0.25, 0.3) is 65.5 Å². The quantitative estimate of drug-likeness (QED) is 0.183. The number of fused-ring (bicyclic) bond motifs is 10. The lowest BCUT2D eigenvalue weighted by molar-refractivity contribution is 0.483. The Labute approximate surface area is 312 Å². The van der Waals surface area contributed by atoms with E-state index in [1.165, 1.54) is 49.2 Å². The van der Waals surface area contributed by atoms with Gasteiger partial charge in [0.2, 0.25) is 0 Å². The van der Waals surface area contributed by atoms with Crippen molar-refractivity contribution in [2.75, 3.05) is 16.5 Å². The first kappa shape index (κ1) is 30.8. The molecule has 0 saturated carbocycles. The second-order valence-electron chi connectivity index (χ2n) is 15.4. The van der Waals surface area contributed by atoms with Crippen LogP contribution < -0.4 is 14.5 Å². The van der Waals surface area contributed by atoms with Crippen molar-refractivity contribution in [1.29, 1.82) is 0 Å². The van der Waals surface area contributed by atoms with Gasteiger partial charge in [0.25, 0.3) is 0 Å². The number of nitrogens with zero attached hydrogens (tertiary/aromatic N) is 5. The van der Waals surface area contributed by atoms with Crippen molar-refractivity contribution in [2.45, 2.75) is 26.2 Å². The van der Waals surface area contributed by atoms with E-state index in [0.29, 0.717) is 0 Å². The maximum absolute atomic E-state index is 6.68. The number of benzene rings is 6. The van der Waals surface area contributed by atoms with Gasteiger partial charge in [0.15, 0.2) is 5.65 Å². The zero-order valence-corrected chi connectivity index (χ0v) is 30.4. The first-order chi connectivity index (χ1) is 26.4. The van der Waals surface area contributed by atoms with Crippen molar-refractivity contribution in [3.8, 4) is 11.5 Å². The summed E-state index contributed by atoms with van der Waals surface area (Å²) in [6.07, 6.45) is 6.17. The third-order valence-corrected chi connectivity index (χ3v) is 11.1. The fourth-order valence-corrected chi connectivity index (χ4v) is 8.54. The van der Waals surface area contributed by atoms with Crippen molar-refractivity contribution in [1.82, 2.24) is 13.8 Å². The third-order valence-electron chi connectivity index (χ3n) is 11.1. The second kappa shape index (κ2) is 11.4. The van der Waals surface area contributed by atoms with E-state index in [-0.39, 0.29) is 5.41 Å². The van der Waals surface area contributed by atoms with Crippen molar-refractivity contribution in [3.05, 3.63) is 164 Å². The summed E-state index contributed by atoms with van der Waals surface area (Å²) in [5.74, 6) is 1.55. The van der Waals surface area contributed by atoms with Crippen LogP contribution in [0.1, 0.15) is 26.3 Å². The zero-order chi connectivity index (χ0) is 36.1. The lowest BCUT2D eigenvalue weighted by atomic mass is 9.87. The Morgan fingerprint density at radius 3 is 1.87 bits per heavy atom. The number of anilines is 2. The van der Waals surface area contributed by atoms with Crippen LogP contribution in [0.15, 0.2) is 158 Å². The van der Waals surface area contributed by atoms with Gasteiger partial charge in [-0.25, -0.2) is 4.98 Å². The number of hydrogen-bond donors (Lipinski definition) is 0. The minimum Gasteiger partial charge on any atom is -0.457 e. The summed E-state index contributed by atoms with van der Waals surface area (Å²) >= 11 is 0. The molecule has 0 aliphatic carbocycles. The molecular formula is C48H37N5O. The number of hydrogen-bond acceptors (Lipinski definition) is 4. The first-order valence-corrected chi connectivity index (χ1v) is 18.6. The first-order valence-electron chi connectivity index (χ1n) is 18.6. The second-order valence-corrected chi connectivity index (χ2v) is 15.4. The normalized spacial score (nSPS) is 13.6. The van der Waals surface area contributed by atoms with Crippen molar-refractivity contribution in [2.24, 2.45) is 0 Å². The molecule has 1 aliphatic rings. The summed E-state index contributed by atoms with van der Waals surface area (Å²) in [5, 5.41) is 7.21. The summed E-state index contributed by atoms with van der Waals surface area (Å²) in [5.41, 5.74) is 10.2. The number of aromatic nitrogens is 3. The molecule has 6 aromatic carbocycles. The Kier molecular flexibility index (Phi) is 6.48. The molecule has 0 saturated heterocycles.